The zero-order valence-corrected chi connectivity index (χ0v) is 12.5. The average Bonchev–Trinajstić information content (AvgIpc) is 2.50. The minimum Gasteiger partial charge on any atom is -0.388 e. The van der Waals surface area contributed by atoms with Crippen molar-refractivity contribution >= 4 is 5.91 Å². The van der Waals surface area contributed by atoms with E-state index < -0.39 is 6.10 Å². The second kappa shape index (κ2) is 7.71. The number of hydrogen-bond donors (Lipinski definition) is 2. The van der Waals surface area contributed by atoms with Crippen molar-refractivity contribution in [1.29, 1.82) is 0 Å². The molecule has 0 unspecified atom stereocenters. The zero-order chi connectivity index (χ0) is 15.9. The second-order valence-electron chi connectivity index (χ2n) is 5.43. The number of carbonyl (C=O) groups is 1. The van der Waals surface area contributed by atoms with Gasteiger partial charge in [0.25, 0.3) is 0 Å². The van der Waals surface area contributed by atoms with Crippen LogP contribution < -0.4 is 5.32 Å². The van der Waals surface area contributed by atoms with Gasteiger partial charge in [0.1, 0.15) is 5.82 Å². The normalized spacial score (nSPS) is 13.4. The number of aliphatic hydroxyl groups excluding tert-OH is 1. The molecular weight excluding hydrogens is 281 g/mol. The number of amides is 1. The standard InChI is InChI=1S/C18H20FNO2/c1-13(11-17(21)15-5-3-2-4-6-15)20-18(22)12-14-7-9-16(19)10-8-14/h2-10,13,17,21H,11-12H2,1H3,(H,20,22)/t13-,17-/m0/s1. The Kier molecular flexibility index (Phi) is 5.67. The number of nitrogens with one attached hydrogen (secondary N) is 1. The predicted molar refractivity (Wildman–Crippen MR) is 83.7 cm³/mol. The maximum absolute atomic E-state index is 12.8. The molecule has 0 spiro atoms. The zero-order valence-electron chi connectivity index (χ0n) is 12.5. The van der Waals surface area contributed by atoms with Crippen LogP contribution in [0.2, 0.25) is 0 Å². The molecular formula is C18H20FNO2. The van der Waals surface area contributed by atoms with Crippen LogP contribution in [0.1, 0.15) is 30.6 Å². The van der Waals surface area contributed by atoms with E-state index in [2.05, 4.69) is 5.32 Å². The van der Waals surface area contributed by atoms with Gasteiger partial charge in [-0.1, -0.05) is 42.5 Å². The van der Waals surface area contributed by atoms with Gasteiger partial charge >= 0.3 is 0 Å². The molecule has 22 heavy (non-hydrogen) atoms. The van der Waals surface area contributed by atoms with Crippen molar-refractivity contribution < 1.29 is 14.3 Å². The van der Waals surface area contributed by atoms with Crippen LogP contribution >= 0.6 is 0 Å². The molecule has 1 amide bonds. The molecule has 2 aromatic rings. The Labute approximate surface area is 129 Å². The predicted octanol–water partition coefficient (Wildman–Crippen LogP) is 3.00. The maximum atomic E-state index is 12.8. The fraction of sp³-hybridized carbons (Fsp3) is 0.278. The largest absolute Gasteiger partial charge is 0.388 e. The van der Waals surface area contributed by atoms with Gasteiger partial charge in [0.05, 0.1) is 12.5 Å². The number of halogens is 1. The fourth-order valence-corrected chi connectivity index (χ4v) is 2.32. The summed E-state index contributed by atoms with van der Waals surface area (Å²) in [6.07, 6.45) is 0.0351. The van der Waals surface area contributed by atoms with Gasteiger partial charge in [-0.15, -0.1) is 0 Å². The van der Waals surface area contributed by atoms with Crippen molar-refractivity contribution in [3.05, 3.63) is 71.5 Å². The number of benzene rings is 2. The lowest BCUT2D eigenvalue weighted by molar-refractivity contribution is -0.121. The van der Waals surface area contributed by atoms with E-state index in [1.54, 1.807) is 12.1 Å². The van der Waals surface area contributed by atoms with Crippen LogP contribution in [-0.4, -0.2) is 17.1 Å². The van der Waals surface area contributed by atoms with Crippen molar-refractivity contribution in [2.75, 3.05) is 0 Å². The minimum atomic E-state index is -0.609. The smallest absolute Gasteiger partial charge is 0.224 e. The molecule has 0 saturated heterocycles. The molecule has 0 aromatic heterocycles. The number of aliphatic hydroxyl groups is 1. The van der Waals surface area contributed by atoms with Gasteiger partial charge in [-0.2, -0.15) is 0 Å². The molecule has 0 heterocycles. The Morgan fingerprint density at radius 1 is 1.14 bits per heavy atom. The van der Waals surface area contributed by atoms with Crippen molar-refractivity contribution in [3.8, 4) is 0 Å². The molecule has 0 fully saturated rings. The van der Waals surface area contributed by atoms with Crippen LogP contribution in [0.15, 0.2) is 54.6 Å². The molecule has 0 saturated carbocycles. The quantitative estimate of drug-likeness (QED) is 0.861. The van der Waals surface area contributed by atoms with Crippen LogP contribution in [0, 0.1) is 5.82 Å². The SMILES string of the molecule is C[C@@H](C[C@H](O)c1ccccc1)NC(=O)Cc1ccc(F)cc1. The fourth-order valence-electron chi connectivity index (χ4n) is 2.32. The molecule has 116 valence electrons. The van der Waals surface area contributed by atoms with Crippen molar-refractivity contribution in [1.82, 2.24) is 5.32 Å². The lowest BCUT2D eigenvalue weighted by Gasteiger charge is -2.18. The number of hydrogen-bond acceptors (Lipinski definition) is 2. The Hall–Kier alpha value is -2.20. The Bertz CT molecular complexity index is 598. The third kappa shape index (κ3) is 4.97. The summed E-state index contributed by atoms with van der Waals surface area (Å²) in [6.45, 7) is 1.86. The molecule has 0 radical (unpaired) electrons. The summed E-state index contributed by atoms with van der Waals surface area (Å²) in [4.78, 5) is 11.9. The molecule has 2 atom stereocenters. The van der Waals surface area contributed by atoms with E-state index in [0.717, 1.165) is 11.1 Å². The highest BCUT2D eigenvalue weighted by atomic mass is 19.1. The van der Waals surface area contributed by atoms with Gasteiger partial charge < -0.3 is 10.4 Å². The van der Waals surface area contributed by atoms with Gasteiger partial charge in [-0.25, -0.2) is 4.39 Å². The van der Waals surface area contributed by atoms with Crippen molar-refractivity contribution in [2.24, 2.45) is 0 Å². The monoisotopic (exact) mass is 301 g/mol. The van der Waals surface area contributed by atoms with Crippen LogP contribution in [0.5, 0.6) is 0 Å². The van der Waals surface area contributed by atoms with E-state index in [0.29, 0.717) is 6.42 Å². The third-order valence-corrected chi connectivity index (χ3v) is 3.45. The molecule has 0 aliphatic heterocycles. The first-order chi connectivity index (χ1) is 10.5. The summed E-state index contributed by atoms with van der Waals surface area (Å²) in [5, 5.41) is 13.0. The Morgan fingerprint density at radius 3 is 2.41 bits per heavy atom. The topological polar surface area (TPSA) is 49.3 Å². The van der Waals surface area contributed by atoms with Gasteiger partial charge in [-0.05, 0) is 36.6 Å². The maximum Gasteiger partial charge on any atom is 0.224 e. The summed E-state index contributed by atoms with van der Waals surface area (Å²) in [7, 11) is 0. The minimum absolute atomic E-state index is 0.139. The van der Waals surface area contributed by atoms with Crippen molar-refractivity contribution in [3.63, 3.8) is 0 Å². The molecule has 2 aromatic carbocycles. The van der Waals surface area contributed by atoms with Gasteiger partial charge in [0.2, 0.25) is 5.91 Å². The second-order valence-corrected chi connectivity index (χ2v) is 5.43. The van der Waals surface area contributed by atoms with Crippen LogP contribution in [0.25, 0.3) is 0 Å². The molecule has 0 bridgehead atoms. The molecule has 4 heteroatoms. The Morgan fingerprint density at radius 2 is 1.77 bits per heavy atom. The lowest BCUT2D eigenvalue weighted by Crippen LogP contribution is -2.34. The third-order valence-electron chi connectivity index (χ3n) is 3.45. The lowest BCUT2D eigenvalue weighted by atomic mass is 10.0. The van der Waals surface area contributed by atoms with Crippen molar-refractivity contribution in [2.45, 2.75) is 31.9 Å². The van der Waals surface area contributed by atoms with Crippen LogP contribution in [-0.2, 0) is 11.2 Å². The summed E-state index contributed by atoms with van der Waals surface area (Å²) >= 11 is 0. The van der Waals surface area contributed by atoms with E-state index in [1.165, 1.54) is 12.1 Å². The average molecular weight is 301 g/mol. The van der Waals surface area contributed by atoms with E-state index in [9.17, 15) is 14.3 Å². The highest BCUT2D eigenvalue weighted by molar-refractivity contribution is 5.78. The highest BCUT2D eigenvalue weighted by Crippen LogP contribution is 2.17. The number of carbonyl (C=O) groups excluding carboxylic acids is 1. The highest BCUT2D eigenvalue weighted by Gasteiger charge is 2.14. The van der Waals surface area contributed by atoms with E-state index in [-0.39, 0.29) is 24.2 Å². The molecule has 0 aliphatic carbocycles. The van der Waals surface area contributed by atoms with Gasteiger partial charge in [0.15, 0.2) is 0 Å². The van der Waals surface area contributed by atoms with Crippen LogP contribution in [0.3, 0.4) is 0 Å². The number of rotatable bonds is 6. The van der Waals surface area contributed by atoms with E-state index >= 15 is 0 Å². The Balaban J connectivity index is 1.82. The summed E-state index contributed by atoms with van der Waals surface area (Å²) in [5.41, 5.74) is 1.59. The van der Waals surface area contributed by atoms with Crippen LogP contribution in [0.4, 0.5) is 4.39 Å². The molecule has 0 aliphatic rings. The summed E-state index contributed by atoms with van der Waals surface area (Å²) < 4.78 is 12.8. The molecule has 3 nitrogen and oxygen atoms in total. The first-order valence-electron chi connectivity index (χ1n) is 7.31. The first-order valence-corrected chi connectivity index (χ1v) is 7.31. The molecule has 2 N–H and O–H groups in total. The first kappa shape index (κ1) is 16.2. The van der Waals surface area contributed by atoms with Gasteiger partial charge in [0, 0.05) is 6.04 Å². The van der Waals surface area contributed by atoms with E-state index in [4.69, 9.17) is 0 Å². The summed E-state index contributed by atoms with van der Waals surface area (Å²) in [5.74, 6) is -0.456. The van der Waals surface area contributed by atoms with Gasteiger partial charge in [-0.3, -0.25) is 4.79 Å². The molecule has 2 rings (SSSR count). The van der Waals surface area contributed by atoms with E-state index in [1.807, 2.05) is 37.3 Å². The summed E-state index contributed by atoms with van der Waals surface area (Å²) in [6, 6.07) is 15.1.